The van der Waals surface area contributed by atoms with Crippen molar-refractivity contribution in [2.75, 3.05) is 6.61 Å². The molecule has 1 atom stereocenters. The van der Waals surface area contributed by atoms with Crippen LogP contribution in [0.1, 0.15) is 50.2 Å². The second kappa shape index (κ2) is 13.1. The van der Waals surface area contributed by atoms with Crippen molar-refractivity contribution < 1.29 is 4.74 Å². The third-order valence-electron chi connectivity index (χ3n) is 4.40. The summed E-state index contributed by atoms with van der Waals surface area (Å²) in [6.07, 6.45) is 15.3. The number of ether oxygens (including phenoxy) is 1. The fourth-order valence-electron chi connectivity index (χ4n) is 2.87. The van der Waals surface area contributed by atoms with E-state index in [9.17, 15) is 0 Å². The molecule has 1 heteroatoms. The highest BCUT2D eigenvalue weighted by Crippen LogP contribution is 2.15. The SMILES string of the molecule is CCCCCC(/C=C/CCOCc1ccccc1)/C=C/c1ccccc1. The van der Waals surface area contributed by atoms with Gasteiger partial charge in [-0.05, 0) is 29.9 Å². The molecule has 2 aromatic carbocycles. The van der Waals surface area contributed by atoms with Gasteiger partial charge in [-0.1, -0.05) is 111 Å². The average molecular weight is 349 g/mol. The first kappa shape index (κ1) is 20.2. The standard InChI is InChI=1S/C25H32O/c1-2-3-6-13-23(19-20-24-14-7-4-8-15-24)16-11-12-21-26-22-25-17-9-5-10-18-25/h4-5,7-11,14-20,23H,2-3,6,12-13,21-22H2,1H3/b16-11+,20-19+. The predicted octanol–water partition coefficient (Wildman–Crippen LogP) is 7.06. The molecule has 26 heavy (non-hydrogen) atoms. The summed E-state index contributed by atoms with van der Waals surface area (Å²) in [6, 6.07) is 20.9. The van der Waals surface area contributed by atoms with E-state index in [1.165, 1.54) is 36.8 Å². The molecular formula is C25H32O. The van der Waals surface area contributed by atoms with Crippen LogP contribution in [0.25, 0.3) is 6.08 Å². The Hall–Kier alpha value is -2.12. The number of hydrogen-bond acceptors (Lipinski definition) is 1. The molecule has 0 bridgehead atoms. The van der Waals surface area contributed by atoms with E-state index in [-0.39, 0.29) is 0 Å². The number of unbranched alkanes of at least 4 members (excludes halogenated alkanes) is 2. The van der Waals surface area contributed by atoms with Crippen LogP contribution in [0.5, 0.6) is 0 Å². The Kier molecular flexibility index (Phi) is 10.2. The normalized spacial score (nSPS) is 12.8. The Morgan fingerprint density at radius 2 is 1.62 bits per heavy atom. The summed E-state index contributed by atoms with van der Waals surface area (Å²) in [5.41, 5.74) is 2.51. The van der Waals surface area contributed by atoms with Crippen LogP contribution in [0.15, 0.2) is 78.9 Å². The van der Waals surface area contributed by atoms with Gasteiger partial charge in [-0.25, -0.2) is 0 Å². The van der Waals surface area contributed by atoms with E-state index in [2.05, 4.69) is 85.8 Å². The lowest BCUT2D eigenvalue weighted by Gasteiger charge is -2.08. The van der Waals surface area contributed by atoms with Crippen LogP contribution in [-0.2, 0) is 11.3 Å². The summed E-state index contributed by atoms with van der Waals surface area (Å²) in [4.78, 5) is 0. The molecular weight excluding hydrogens is 316 g/mol. The zero-order valence-electron chi connectivity index (χ0n) is 16.0. The maximum atomic E-state index is 5.76. The van der Waals surface area contributed by atoms with Gasteiger partial charge in [0.15, 0.2) is 0 Å². The number of hydrogen-bond donors (Lipinski definition) is 0. The highest BCUT2D eigenvalue weighted by molar-refractivity contribution is 5.49. The molecule has 0 amide bonds. The lowest BCUT2D eigenvalue weighted by molar-refractivity contribution is 0.125. The maximum Gasteiger partial charge on any atom is 0.0717 e. The second-order valence-electron chi connectivity index (χ2n) is 6.68. The van der Waals surface area contributed by atoms with Crippen molar-refractivity contribution in [3.8, 4) is 0 Å². The molecule has 0 saturated carbocycles. The first-order valence-electron chi connectivity index (χ1n) is 9.90. The molecule has 0 aliphatic heterocycles. The van der Waals surface area contributed by atoms with Crippen molar-refractivity contribution in [2.45, 2.75) is 45.6 Å². The fourth-order valence-corrected chi connectivity index (χ4v) is 2.87. The van der Waals surface area contributed by atoms with Gasteiger partial charge >= 0.3 is 0 Å². The van der Waals surface area contributed by atoms with Gasteiger partial charge in [0.05, 0.1) is 13.2 Å². The quantitative estimate of drug-likeness (QED) is 0.295. The fraction of sp³-hybridized carbons (Fsp3) is 0.360. The largest absolute Gasteiger partial charge is 0.376 e. The summed E-state index contributed by atoms with van der Waals surface area (Å²) in [6.45, 7) is 3.73. The third kappa shape index (κ3) is 8.82. The highest BCUT2D eigenvalue weighted by Gasteiger charge is 2.00. The lowest BCUT2D eigenvalue weighted by Crippen LogP contribution is -1.95. The minimum Gasteiger partial charge on any atom is -0.376 e. The summed E-state index contributed by atoms with van der Waals surface area (Å²) in [5.74, 6) is 0.510. The van der Waals surface area contributed by atoms with E-state index in [0.29, 0.717) is 12.5 Å². The van der Waals surface area contributed by atoms with Gasteiger partial charge in [0, 0.05) is 0 Å². The van der Waals surface area contributed by atoms with E-state index in [1.807, 2.05) is 6.07 Å². The van der Waals surface area contributed by atoms with Crippen LogP contribution in [0.4, 0.5) is 0 Å². The maximum absolute atomic E-state index is 5.76. The minimum absolute atomic E-state index is 0.510. The molecule has 0 saturated heterocycles. The summed E-state index contributed by atoms with van der Waals surface area (Å²) in [5, 5.41) is 0. The van der Waals surface area contributed by atoms with Crippen LogP contribution in [0, 0.1) is 5.92 Å². The molecule has 0 aromatic heterocycles. The van der Waals surface area contributed by atoms with E-state index >= 15 is 0 Å². The van der Waals surface area contributed by atoms with Gasteiger partial charge in [0.2, 0.25) is 0 Å². The van der Waals surface area contributed by atoms with Crippen LogP contribution in [-0.4, -0.2) is 6.61 Å². The molecule has 0 heterocycles. The van der Waals surface area contributed by atoms with Gasteiger partial charge < -0.3 is 4.74 Å². The van der Waals surface area contributed by atoms with E-state index < -0.39 is 0 Å². The van der Waals surface area contributed by atoms with Crippen LogP contribution < -0.4 is 0 Å². The lowest BCUT2D eigenvalue weighted by atomic mass is 9.99. The van der Waals surface area contributed by atoms with Crippen molar-refractivity contribution in [2.24, 2.45) is 5.92 Å². The smallest absolute Gasteiger partial charge is 0.0717 e. The van der Waals surface area contributed by atoms with E-state index in [0.717, 1.165) is 13.0 Å². The molecule has 0 fully saturated rings. The van der Waals surface area contributed by atoms with E-state index in [4.69, 9.17) is 4.74 Å². The second-order valence-corrected chi connectivity index (χ2v) is 6.68. The van der Waals surface area contributed by atoms with E-state index in [1.54, 1.807) is 0 Å². The zero-order valence-corrected chi connectivity index (χ0v) is 16.0. The van der Waals surface area contributed by atoms with Gasteiger partial charge in [0.25, 0.3) is 0 Å². The van der Waals surface area contributed by atoms with Crippen molar-refractivity contribution in [1.82, 2.24) is 0 Å². The topological polar surface area (TPSA) is 9.23 Å². The Morgan fingerprint density at radius 3 is 2.35 bits per heavy atom. The monoisotopic (exact) mass is 348 g/mol. The van der Waals surface area contributed by atoms with Crippen molar-refractivity contribution in [3.63, 3.8) is 0 Å². The molecule has 138 valence electrons. The first-order chi connectivity index (χ1) is 12.9. The predicted molar refractivity (Wildman–Crippen MR) is 113 cm³/mol. The van der Waals surface area contributed by atoms with Crippen LogP contribution in [0.3, 0.4) is 0 Å². The summed E-state index contributed by atoms with van der Waals surface area (Å²) < 4.78 is 5.76. The van der Waals surface area contributed by atoms with Gasteiger partial charge in [-0.15, -0.1) is 0 Å². The summed E-state index contributed by atoms with van der Waals surface area (Å²) in [7, 11) is 0. The van der Waals surface area contributed by atoms with Crippen LogP contribution >= 0.6 is 0 Å². The van der Waals surface area contributed by atoms with Gasteiger partial charge in [-0.2, -0.15) is 0 Å². The number of allylic oxidation sites excluding steroid dienone is 2. The molecule has 1 nitrogen and oxygen atoms in total. The molecule has 2 rings (SSSR count). The zero-order chi connectivity index (χ0) is 18.3. The Morgan fingerprint density at radius 1 is 0.885 bits per heavy atom. The average Bonchev–Trinajstić information content (AvgIpc) is 2.70. The van der Waals surface area contributed by atoms with Crippen molar-refractivity contribution >= 4 is 6.08 Å². The Bertz CT molecular complexity index is 628. The third-order valence-corrected chi connectivity index (χ3v) is 4.40. The Labute approximate surface area is 159 Å². The minimum atomic E-state index is 0.510. The number of benzene rings is 2. The number of rotatable bonds is 12. The molecule has 1 unspecified atom stereocenters. The molecule has 0 aliphatic carbocycles. The molecule has 2 aromatic rings. The van der Waals surface area contributed by atoms with Crippen molar-refractivity contribution in [3.05, 3.63) is 90.0 Å². The summed E-state index contributed by atoms with van der Waals surface area (Å²) >= 11 is 0. The van der Waals surface area contributed by atoms with Crippen molar-refractivity contribution in [1.29, 1.82) is 0 Å². The molecule has 0 radical (unpaired) electrons. The van der Waals surface area contributed by atoms with Crippen LogP contribution in [0.2, 0.25) is 0 Å². The first-order valence-corrected chi connectivity index (χ1v) is 9.90. The van der Waals surface area contributed by atoms with Gasteiger partial charge in [0.1, 0.15) is 0 Å². The van der Waals surface area contributed by atoms with Gasteiger partial charge in [-0.3, -0.25) is 0 Å². The molecule has 0 aliphatic rings. The molecule has 0 N–H and O–H groups in total. The molecule has 0 spiro atoms. The highest BCUT2D eigenvalue weighted by atomic mass is 16.5. The Balaban J connectivity index is 1.75.